The van der Waals surface area contributed by atoms with E-state index in [-0.39, 0.29) is 17.6 Å². The molecule has 1 atom stereocenters. The Labute approximate surface area is 85.0 Å². The summed E-state index contributed by atoms with van der Waals surface area (Å²) in [5.74, 6) is -0.178. The van der Waals surface area contributed by atoms with Gasteiger partial charge in [-0.1, -0.05) is 15.9 Å². The Bertz CT molecular complexity index is 315. The van der Waals surface area contributed by atoms with Gasteiger partial charge in [0.15, 0.2) is 11.6 Å². The third-order valence-electron chi connectivity index (χ3n) is 1.74. The molecular formula is C9H11BrFNO. The van der Waals surface area contributed by atoms with E-state index >= 15 is 0 Å². The van der Waals surface area contributed by atoms with Crippen molar-refractivity contribution in [3.63, 3.8) is 0 Å². The van der Waals surface area contributed by atoms with Crippen molar-refractivity contribution in [2.75, 3.05) is 7.11 Å². The molecule has 0 saturated carbocycles. The highest BCUT2D eigenvalue weighted by atomic mass is 79.9. The van der Waals surface area contributed by atoms with Gasteiger partial charge in [0.05, 0.1) is 7.11 Å². The van der Waals surface area contributed by atoms with E-state index in [4.69, 9.17) is 10.5 Å². The first kappa shape index (κ1) is 10.5. The van der Waals surface area contributed by atoms with Crippen molar-refractivity contribution in [3.05, 3.63) is 28.0 Å². The van der Waals surface area contributed by atoms with E-state index in [9.17, 15) is 4.39 Å². The van der Waals surface area contributed by atoms with Crippen molar-refractivity contribution in [2.24, 2.45) is 5.73 Å². The van der Waals surface area contributed by atoms with Gasteiger partial charge in [0.2, 0.25) is 0 Å². The highest BCUT2D eigenvalue weighted by Crippen LogP contribution is 2.28. The van der Waals surface area contributed by atoms with Crippen LogP contribution in [-0.2, 0) is 0 Å². The quantitative estimate of drug-likeness (QED) is 0.873. The number of nitrogens with two attached hydrogens (primary N) is 1. The first-order valence-electron chi connectivity index (χ1n) is 3.84. The largest absolute Gasteiger partial charge is 0.494 e. The Morgan fingerprint density at radius 3 is 2.62 bits per heavy atom. The van der Waals surface area contributed by atoms with E-state index in [2.05, 4.69) is 15.9 Å². The van der Waals surface area contributed by atoms with Gasteiger partial charge in [0.1, 0.15) is 0 Å². The number of rotatable bonds is 2. The summed E-state index contributed by atoms with van der Waals surface area (Å²) in [4.78, 5) is 0. The zero-order chi connectivity index (χ0) is 10.0. The van der Waals surface area contributed by atoms with E-state index in [1.165, 1.54) is 7.11 Å². The van der Waals surface area contributed by atoms with E-state index < -0.39 is 0 Å². The molecule has 2 N–H and O–H groups in total. The van der Waals surface area contributed by atoms with Crippen LogP contribution in [0.3, 0.4) is 0 Å². The SMILES string of the molecule is COc1cc(Br)cc(C(C)N)c1F. The van der Waals surface area contributed by atoms with Crippen LogP contribution in [0, 0.1) is 5.82 Å². The van der Waals surface area contributed by atoms with Crippen LogP contribution < -0.4 is 10.5 Å². The monoisotopic (exact) mass is 247 g/mol. The van der Waals surface area contributed by atoms with E-state index in [1.807, 2.05) is 0 Å². The molecule has 0 bridgehead atoms. The maximum atomic E-state index is 13.5. The second-order valence-electron chi connectivity index (χ2n) is 2.80. The summed E-state index contributed by atoms with van der Waals surface area (Å²) in [6, 6.07) is 2.88. The molecule has 1 rings (SSSR count). The molecule has 0 aliphatic carbocycles. The molecule has 0 heterocycles. The van der Waals surface area contributed by atoms with Crippen LogP contribution in [0.5, 0.6) is 5.75 Å². The molecule has 0 aliphatic rings. The molecule has 0 aliphatic heterocycles. The zero-order valence-electron chi connectivity index (χ0n) is 7.47. The standard InChI is InChI=1S/C9H11BrFNO/c1-5(12)7-3-6(10)4-8(13-2)9(7)11/h3-5H,12H2,1-2H3. The lowest BCUT2D eigenvalue weighted by atomic mass is 10.1. The highest BCUT2D eigenvalue weighted by molar-refractivity contribution is 9.10. The van der Waals surface area contributed by atoms with Gasteiger partial charge in [-0.05, 0) is 19.1 Å². The fraction of sp³-hybridized carbons (Fsp3) is 0.333. The minimum atomic E-state index is -0.388. The molecule has 0 spiro atoms. The Kier molecular flexibility index (Phi) is 3.27. The molecule has 4 heteroatoms. The highest BCUT2D eigenvalue weighted by Gasteiger charge is 2.13. The van der Waals surface area contributed by atoms with Crippen LogP contribution in [0.25, 0.3) is 0 Å². The molecule has 0 amide bonds. The summed E-state index contributed by atoms with van der Waals surface area (Å²) < 4.78 is 19.1. The molecule has 1 unspecified atom stereocenters. The lowest BCUT2D eigenvalue weighted by Gasteiger charge is -2.10. The van der Waals surface area contributed by atoms with Gasteiger partial charge in [-0.3, -0.25) is 0 Å². The zero-order valence-corrected chi connectivity index (χ0v) is 9.06. The molecule has 1 aromatic carbocycles. The van der Waals surface area contributed by atoms with Crippen LogP contribution in [0.15, 0.2) is 16.6 Å². The summed E-state index contributed by atoms with van der Waals surface area (Å²) in [6.45, 7) is 1.73. The lowest BCUT2D eigenvalue weighted by Crippen LogP contribution is -2.08. The van der Waals surface area contributed by atoms with Gasteiger partial charge < -0.3 is 10.5 Å². The number of ether oxygens (including phenoxy) is 1. The fourth-order valence-electron chi connectivity index (χ4n) is 1.06. The van der Waals surface area contributed by atoms with Gasteiger partial charge in [0.25, 0.3) is 0 Å². The third-order valence-corrected chi connectivity index (χ3v) is 2.20. The van der Waals surface area contributed by atoms with Crippen molar-refractivity contribution >= 4 is 15.9 Å². The summed E-state index contributed by atoms with van der Waals surface area (Å²) in [5, 5.41) is 0. The van der Waals surface area contributed by atoms with Gasteiger partial charge in [-0.15, -0.1) is 0 Å². The molecule has 72 valence electrons. The van der Waals surface area contributed by atoms with Crippen molar-refractivity contribution in [1.82, 2.24) is 0 Å². The van der Waals surface area contributed by atoms with Crippen molar-refractivity contribution in [2.45, 2.75) is 13.0 Å². The van der Waals surface area contributed by atoms with Crippen molar-refractivity contribution in [3.8, 4) is 5.75 Å². The van der Waals surface area contributed by atoms with E-state index in [0.717, 1.165) is 4.47 Å². The molecule has 0 fully saturated rings. The maximum absolute atomic E-state index is 13.5. The average Bonchev–Trinajstić information content (AvgIpc) is 2.08. The van der Waals surface area contributed by atoms with Gasteiger partial charge in [0, 0.05) is 16.1 Å². The number of methoxy groups -OCH3 is 1. The predicted molar refractivity (Wildman–Crippen MR) is 53.3 cm³/mol. The summed E-state index contributed by atoms with van der Waals surface area (Å²) in [7, 11) is 1.43. The molecule has 13 heavy (non-hydrogen) atoms. The molecule has 0 radical (unpaired) electrons. The molecule has 0 aromatic heterocycles. The number of hydrogen-bond donors (Lipinski definition) is 1. The van der Waals surface area contributed by atoms with Crippen LogP contribution >= 0.6 is 15.9 Å². The van der Waals surface area contributed by atoms with Crippen LogP contribution in [0.4, 0.5) is 4.39 Å². The first-order chi connectivity index (χ1) is 6.06. The van der Waals surface area contributed by atoms with Crippen molar-refractivity contribution in [1.29, 1.82) is 0 Å². The fourth-order valence-corrected chi connectivity index (χ4v) is 1.52. The number of benzene rings is 1. The van der Waals surface area contributed by atoms with E-state index in [1.54, 1.807) is 19.1 Å². The summed E-state index contributed by atoms with van der Waals surface area (Å²) in [5.41, 5.74) is 6.04. The molecule has 0 saturated heterocycles. The predicted octanol–water partition coefficient (Wildman–Crippen LogP) is 2.62. The lowest BCUT2D eigenvalue weighted by molar-refractivity contribution is 0.382. The molecule has 2 nitrogen and oxygen atoms in total. The topological polar surface area (TPSA) is 35.2 Å². The van der Waals surface area contributed by atoms with Crippen LogP contribution in [0.2, 0.25) is 0 Å². The van der Waals surface area contributed by atoms with Gasteiger partial charge in [-0.2, -0.15) is 0 Å². The smallest absolute Gasteiger partial charge is 0.169 e. The average molecular weight is 248 g/mol. The molecule has 1 aromatic rings. The second kappa shape index (κ2) is 4.07. The normalized spacial score (nSPS) is 12.7. The summed E-state index contributed by atoms with van der Waals surface area (Å²) in [6.07, 6.45) is 0. The van der Waals surface area contributed by atoms with Crippen LogP contribution in [-0.4, -0.2) is 7.11 Å². The van der Waals surface area contributed by atoms with Gasteiger partial charge >= 0.3 is 0 Å². The minimum Gasteiger partial charge on any atom is -0.494 e. The first-order valence-corrected chi connectivity index (χ1v) is 4.64. The Morgan fingerprint density at radius 1 is 1.54 bits per heavy atom. The second-order valence-corrected chi connectivity index (χ2v) is 3.72. The summed E-state index contributed by atoms with van der Waals surface area (Å²) >= 11 is 3.25. The maximum Gasteiger partial charge on any atom is 0.169 e. The third kappa shape index (κ3) is 2.19. The Hall–Kier alpha value is -0.610. The number of hydrogen-bond acceptors (Lipinski definition) is 2. The minimum absolute atomic E-state index is 0.210. The number of halogens is 2. The van der Waals surface area contributed by atoms with Crippen LogP contribution in [0.1, 0.15) is 18.5 Å². The van der Waals surface area contributed by atoms with E-state index in [0.29, 0.717) is 5.56 Å². The van der Waals surface area contributed by atoms with Crippen molar-refractivity contribution < 1.29 is 9.13 Å². The van der Waals surface area contributed by atoms with Gasteiger partial charge in [-0.25, -0.2) is 4.39 Å². The Balaban J connectivity index is 3.27. The Morgan fingerprint density at radius 2 is 2.15 bits per heavy atom. The molecular weight excluding hydrogens is 237 g/mol.